The minimum absolute atomic E-state index is 0.483. The first-order chi connectivity index (χ1) is 13.2. The lowest BCUT2D eigenvalue weighted by atomic mass is 9.73. The van der Waals surface area contributed by atoms with Crippen molar-refractivity contribution in [2.45, 2.75) is 45.0 Å². The second kappa shape index (κ2) is 8.38. The van der Waals surface area contributed by atoms with Crippen LogP contribution in [0.15, 0.2) is 70.6 Å². The minimum atomic E-state index is -0.893. The quantitative estimate of drug-likeness (QED) is 0.624. The molecule has 5 heteroatoms. The van der Waals surface area contributed by atoms with Gasteiger partial charge in [0.05, 0.1) is 11.2 Å². The van der Waals surface area contributed by atoms with Gasteiger partial charge in [-0.25, -0.2) is 0 Å². The summed E-state index contributed by atoms with van der Waals surface area (Å²) in [5.41, 5.74) is 1.67. The molecule has 0 aliphatic carbocycles. The molecule has 1 aliphatic heterocycles. The van der Waals surface area contributed by atoms with Crippen molar-refractivity contribution in [1.82, 2.24) is 0 Å². The Bertz CT molecular complexity index is 844. The third-order valence-corrected chi connectivity index (χ3v) is 6.00. The Kier molecular flexibility index (Phi) is 6.30. The van der Waals surface area contributed by atoms with Crippen LogP contribution in [0.1, 0.15) is 38.8 Å². The number of benzene rings is 2. The predicted molar refractivity (Wildman–Crippen MR) is 120 cm³/mol. The molecule has 1 unspecified atom stereocenters. The van der Waals surface area contributed by atoms with Gasteiger partial charge in [0.15, 0.2) is 0 Å². The second-order valence-electron chi connectivity index (χ2n) is 7.99. The first kappa shape index (κ1) is 21.1. The Balaban J connectivity index is 1.97. The third kappa shape index (κ3) is 4.66. The van der Waals surface area contributed by atoms with E-state index in [0.29, 0.717) is 9.95 Å². The molecule has 0 radical (unpaired) electrons. The van der Waals surface area contributed by atoms with Gasteiger partial charge in [-0.3, -0.25) is 0 Å². The molecule has 2 aromatic rings. The van der Waals surface area contributed by atoms with Gasteiger partial charge < -0.3 is 14.4 Å². The second-order valence-corrected chi connectivity index (χ2v) is 8.90. The molecule has 0 saturated carbocycles. The van der Waals surface area contributed by atoms with Crippen molar-refractivity contribution < 1.29 is 14.4 Å². The van der Waals surface area contributed by atoms with Crippen molar-refractivity contribution in [2.75, 3.05) is 0 Å². The zero-order chi connectivity index (χ0) is 20.4. The summed E-state index contributed by atoms with van der Waals surface area (Å²) in [5.74, 6) is 0. The van der Waals surface area contributed by atoms with Crippen molar-refractivity contribution in [3.05, 3.63) is 81.7 Å². The van der Waals surface area contributed by atoms with Crippen molar-refractivity contribution >= 4 is 35.2 Å². The molecule has 0 bridgehead atoms. The van der Waals surface area contributed by atoms with Crippen molar-refractivity contribution in [1.29, 1.82) is 0 Å². The van der Waals surface area contributed by atoms with E-state index in [1.165, 1.54) is 0 Å². The highest BCUT2D eigenvalue weighted by Gasteiger charge is 2.53. The van der Waals surface area contributed by atoms with Gasteiger partial charge in [0.25, 0.3) is 0 Å². The van der Waals surface area contributed by atoms with Crippen LogP contribution in [0.3, 0.4) is 0 Å². The average molecular weight is 441 g/mol. The molecule has 0 amide bonds. The number of aliphatic hydroxyl groups excluding tert-OH is 1. The lowest BCUT2D eigenvalue weighted by Crippen LogP contribution is -2.41. The molecule has 1 fully saturated rings. The molecule has 1 saturated heterocycles. The summed E-state index contributed by atoms with van der Waals surface area (Å²) in [6.45, 7) is 8.03. The Hall–Kier alpha value is -1.66. The monoisotopic (exact) mass is 440 g/mol. The smallest absolute Gasteiger partial charge is 0.399 e. The van der Waals surface area contributed by atoms with Crippen LogP contribution in [0.25, 0.3) is 12.2 Å². The largest absolute Gasteiger partial charge is 0.493 e. The Morgan fingerprint density at radius 3 is 1.75 bits per heavy atom. The first-order valence-electron chi connectivity index (χ1n) is 9.42. The summed E-state index contributed by atoms with van der Waals surface area (Å²) in [6, 6.07) is 19.8. The molecule has 1 N–H and O–H groups in total. The maximum absolute atomic E-state index is 11.2. The highest BCUT2D eigenvalue weighted by molar-refractivity contribution is 9.11. The van der Waals surface area contributed by atoms with Gasteiger partial charge in [0.2, 0.25) is 0 Å². The van der Waals surface area contributed by atoms with E-state index >= 15 is 0 Å². The van der Waals surface area contributed by atoms with Crippen LogP contribution in [0, 0.1) is 0 Å². The number of aliphatic hydroxyl groups is 1. The van der Waals surface area contributed by atoms with Crippen molar-refractivity contribution in [2.24, 2.45) is 0 Å². The topological polar surface area (TPSA) is 38.7 Å². The summed E-state index contributed by atoms with van der Waals surface area (Å²) in [7, 11) is -0.642. The van der Waals surface area contributed by atoms with Gasteiger partial charge in [-0.15, -0.1) is 0 Å². The Labute approximate surface area is 176 Å². The number of hydrogen-bond donors (Lipinski definition) is 1. The van der Waals surface area contributed by atoms with Gasteiger partial charge in [-0.05, 0) is 50.4 Å². The van der Waals surface area contributed by atoms with Crippen LogP contribution in [0.4, 0.5) is 0 Å². The third-order valence-electron chi connectivity index (χ3n) is 5.34. The number of hydrogen-bond acceptors (Lipinski definition) is 3. The SMILES string of the molecule is CC1(C)OB(/C(=C\c2ccccc2)C(O)/C(Br)=C/c2ccccc2)OC1(C)C. The normalized spacial score (nSPS) is 20.3. The maximum atomic E-state index is 11.2. The molecule has 0 spiro atoms. The van der Waals surface area contributed by atoms with E-state index in [2.05, 4.69) is 15.9 Å². The Morgan fingerprint density at radius 2 is 1.29 bits per heavy atom. The molecular weight excluding hydrogens is 415 g/mol. The molecule has 0 aromatic heterocycles. The fourth-order valence-corrected chi connectivity index (χ4v) is 3.47. The molecule has 2 aromatic carbocycles. The summed E-state index contributed by atoms with van der Waals surface area (Å²) >= 11 is 3.56. The highest BCUT2D eigenvalue weighted by atomic mass is 79.9. The predicted octanol–water partition coefficient (Wildman–Crippen LogP) is 5.50. The zero-order valence-electron chi connectivity index (χ0n) is 16.7. The molecule has 28 heavy (non-hydrogen) atoms. The summed E-state index contributed by atoms with van der Waals surface area (Å²) in [6.07, 6.45) is 2.96. The average Bonchev–Trinajstić information content (AvgIpc) is 2.88. The number of halogens is 1. The van der Waals surface area contributed by atoms with Crippen LogP contribution in [-0.4, -0.2) is 29.5 Å². The van der Waals surface area contributed by atoms with Crippen LogP contribution in [0.5, 0.6) is 0 Å². The van der Waals surface area contributed by atoms with Crippen molar-refractivity contribution in [3.63, 3.8) is 0 Å². The van der Waals surface area contributed by atoms with Gasteiger partial charge in [-0.1, -0.05) is 82.7 Å². The highest BCUT2D eigenvalue weighted by Crippen LogP contribution is 2.40. The molecule has 1 aliphatic rings. The fraction of sp³-hybridized carbons (Fsp3) is 0.304. The zero-order valence-corrected chi connectivity index (χ0v) is 18.3. The molecule has 3 rings (SSSR count). The van der Waals surface area contributed by atoms with E-state index in [1.807, 2.05) is 101 Å². The van der Waals surface area contributed by atoms with Gasteiger partial charge >= 0.3 is 7.12 Å². The van der Waals surface area contributed by atoms with Crippen LogP contribution in [0.2, 0.25) is 0 Å². The molecule has 1 atom stereocenters. The van der Waals surface area contributed by atoms with E-state index < -0.39 is 24.4 Å². The van der Waals surface area contributed by atoms with Crippen LogP contribution >= 0.6 is 15.9 Å². The van der Waals surface area contributed by atoms with E-state index in [9.17, 15) is 5.11 Å². The fourth-order valence-electron chi connectivity index (χ4n) is 2.94. The first-order valence-corrected chi connectivity index (χ1v) is 10.2. The van der Waals surface area contributed by atoms with E-state index in [0.717, 1.165) is 11.1 Å². The van der Waals surface area contributed by atoms with Gasteiger partial charge in [0.1, 0.15) is 6.10 Å². The lowest BCUT2D eigenvalue weighted by molar-refractivity contribution is 0.00578. The standard InChI is InChI=1S/C23H26BBrO3/c1-22(2)23(3,4)28-24(27-22)19(15-17-11-7-5-8-12-17)21(26)20(25)16-18-13-9-6-10-14-18/h5-16,21,26H,1-4H3/b19-15-,20-16-. The van der Waals surface area contributed by atoms with E-state index in [1.54, 1.807) is 0 Å². The maximum Gasteiger partial charge on any atom is 0.493 e. The van der Waals surface area contributed by atoms with E-state index in [4.69, 9.17) is 9.31 Å². The Morgan fingerprint density at radius 1 is 0.857 bits per heavy atom. The molecule has 146 valence electrons. The molecular formula is C23H26BBrO3. The summed E-state index contributed by atoms with van der Waals surface area (Å²) in [5, 5.41) is 11.2. The van der Waals surface area contributed by atoms with Crippen molar-refractivity contribution in [3.8, 4) is 0 Å². The lowest BCUT2D eigenvalue weighted by Gasteiger charge is -2.32. The summed E-state index contributed by atoms with van der Waals surface area (Å²) in [4.78, 5) is 0. The minimum Gasteiger partial charge on any atom is -0.399 e. The van der Waals surface area contributed by atoms with Gasteiger partial charge in [0, 0.05) is 4.48 Å². The van der Waals surface area contributed by atoms with Crippen LogP contribution in [-0.2, 0) is 9.31 Å². The number of rotatable bonds is 5. The van der Waals surface area contributed by atoms with E-state index in [-0.39, 0.29) is 0 Å². The molecule has 1 heterocycles. The summed E-state index contributed by atoms with van der Waals surface area (Å²) < 4.78 is 13.1. The van der Waals surface area contributed by atoms with Gasteiger partial charge in [-0.2, -0.15) is 0 Å². The van der Waals surface area contributed by atoms with Crippen LogP contribution < -0.4 is 0 Å². The molecule has 3 nitrogen and oxygen atoms in total.